The Morgan fingerprint density at radius 3 is 2.22 bits per heavy atom. The maximum atomic E-state index is 13.1. The van der Waals surface area contributed by atoms with Crippen LogP contribution in [0, 0.1) is 17.8 Å². The predicted molar refractivity (Wildman–Crippen MR) is 89.5 cm³/mol. The summed E-state index contributed by atoms with van der Waals surface area (Å²) >= 11 is 3.33. The van der Waals surface area contributed by atoms with Crippen molar-refractivity contribution in [3.63, 3.8) is 0 Å². The van der Waals surface area contributed by atoms with Gasteiger partial charge in [0.25, 0.3) is 5.91 Å². The third kappa shape index (κ3) is 2.80. The molecule has 1 aromatic carbocycles. The molecule has 23 heavy (non-hydrogen) atoms. The van der Waals surface area contributed by atoms with Crippen molar-refractivity contribution in [2.24, 2.45) is 17.8 Å². The van der Waals surface area contributed by atoms with Crippen molar-refractivity contribution in [1.82, 2.24) is 4.90 Å². The zero-order chi connectivity index (χ0) is 16.1. The second-order valence-corrected chi connectivity index (χ2v) is 8.34. The van der Waals surface area contributed by atoms with E-state index in [4.69, 9.17) is 0 Å². The molecule has 0 radical (unpaired) electrons. The molecule has 0 aromatic heterocycles. The van der Waals surface area contributed by atoms with Crippen LogP contribution in [0.25, 0.3) is 0 Å². The quantitative estimate of drug-likeness (QED) is 0.852. The monoisotopic (exact) mass is 377 g/mol. The first-order chi connectivity index (χ1) is 11.0. The third-order valence-electron chi connectivity index (χ3n) is 5.76. The highest BCUT2D eigenvalue weighted by molar-refractivity contribution is 9.10. The lowest BCUT2D eigenvalue weighted by Gasteiger charge is -2.39. The third-order valence-corrected chi connectivity index (χ3v) is 6.22. The van der Waals surface area contributed by atoms with E-state index >= 15 is 0 Å². The van der Waals surface area contributed by atoms with Gasteiger partial charge in [0.2, 0.25) is 0 Å². The molecule has 0 spiro atoms. The number of hydrogen-bond acceptors (Lipinski definition) is 2. The molecular weight excluding hydrogens is 358 g/mol. The molecule has 1 N–H and O–H groups in total. The first-order valence-electron chi connectivity index (χ1n) is 8.34. The number of aromatic carboxylic acids is 1. The van der Waals surface area contributed by atoms with Gasteiger partial charge in [0, 0.05) is 22.6 Å². The van der Waals surface area contributed by atoms with Crippen molar-refractivity contribution in [2.75, 3.05) is 6.54 Å². The van der Waals surface area contributed by atoms with E-state index in [2.05, 4.69) is 15.9 Å². The number of carbonyl (C=O) groups excluding carboxylic acids is 1. The lowest BCUT2D eigenvalue weighted by atomic mass is 9.68. The Hall–Kier alpha value is -1.36. The minimum absolute atomic E-state index is 0.00741. The smallest absolute Gasteiger partial charge is 0.335 e. The zero-order valence-corrected chi connectivity index (χ0v) is 14.5. The van der Waals surface area contributed by atoms with Gasteiger partial charge in [-0.2, -0.15) is 0 Å². The van der Waals surface area contributed by atoms with Gasteiger partial charge in [0.05, 0.1) is 5.56 Å². The molecule has 4 fully saturated rings. The molecule has 5 heteroatoms. The van der Waals surface area contributed by atoms with Gasteiger partial charge in [-0.3, -0.25) is 4.79 Å². The molecule has 2 aliphatic heterocycles. The van der Waals surface area contributed by atoms with E-state index in [1.807, 2.05) is 4.90 Å². The van der Waals surface area contributed by atoms with Gasteiger partial charge in [-0.25, -0.2) is 4.79 Å². The summed E-state index contributed by atoms with van der Waals surface area (Å²) in [4.78, 5) is 26.3. The molecule has 2 heterocycles. The number of halogens is 1. The Labute approximate surface area is 144 Å². The number of hydrogen-bond donors (Lipinski definition) is 1. The summed E-state index contributed by atoms with van der Waals surface area (Å²) in [5.74, 6) is 1.18. The second-order valence-electron chi connectivity index (χ2n) is 7.42. The van der Waals surface area contributed by atoms with E-state index in [0.717, 1.165) is 31.2 Å². The number of carboxylic acids is 1. The van der Waals surface area contributed by atoms with E-state index in [1.165, 1.54) is 31.4 Å². The molecule has 1 aromatic rings. The lowest BCUT2D eigenvalue weighted by Crippen LogP contribution is -2.42. The molecule has 2 unspecified atom stereocenters. The molecule has 4 nitrogen and oxygen atoms in total. The minimum atomic E-state index is -1.00. The van der Waals surface area contributed by atoms with E-state index < -0.39 is 5.97 Å². The van der Waals surface area contributed by atoms with Crippen LogP contribution < -0.4 is 0 Å². The SMILES string of the molecule is O=C(O)c1cc(Br)cc(C(=O)N2CC3CC4CC(C3)CC2C4)c1. The summed E-state index contributed by atoms with van der Waals surface area (Å²) in [5.41, 5.74) is 0.640. The summed E-state index contributed by atoms with van der Waals surface area (Å²) in [7, 11) is 0. The van der Waals surface area contributed by atoms with E-state index in [9.17, 15) is 14.7 Å². The van der Waals surface area contributed by atoms with Gasteiger partial charge in [-0.05, 0) is 68.1 Å². The Bertz CT molecular complexity index is 660. The van der Waals surface area contributed by atoms with Gasteiger partial charge < -0.3 is 10.0 Å². The summed E-state index contributed by atoms with van der Waals surface area (Å²) in [5, 5.41) is 9.22. The van der Waals surface area contributed by atoms with Crippen LogP contribution in [0.4, 0.5) is 0 Å². The molecule has 4 aliphatic rings. The van der Waals surface area contributed by atoms with Crippen molar-refractivity contribution >= 4 is 27.8 Å². The molecule has 5 rings (SSSR count). The van der Waals surface area contributed by atoms with Gasteiger partial charge in [0.1, 0.15) is 0 Å². The zero-order valence-electron chi connectivity index (χ0n) is 12.9. The van der Waals surface area contributed by atoms with Crippen LogP contribution in [0.2, 0.25) is 0 Å². The number of fused-ring (bicyclic) bond motifs is 1. The Morgan fingerprint density at radius 1 is 0.957 bits per heavy atom. The number of carbonyl (C=O) groups is 2. The van der Waals surface area contributed by atoms with Crippen LogP contribution in [-0.2, 0) is 0 Å². The van der Waals surface area contributed by atoms with Crippen molar-refractivity contribution in [2.45, 2.75) is 38.1 Å². The number of nitrogens with zero attached hydrogens (tertiary/aromatic N) is 1. The molecule has 2 atom stereocenters. The van der Waals surface area contributed by atoms with Gasteiger partial charge in [-0.15, -0.1) is 0 Å². The predicted octanol–water partition coefficient (Wildman–Crippen LogP) is 3.80. The van der Waals surface area contributed by atoms with Crippen LogP contribution in [0.15, 0.2) is 22.7 Å². The van der Waals surface area contributed by atoms with Crippen LogP contribution in [0.1, 0.15) is 52.8 Å². The maximum Gasteiger partial charge on any atom is 0.335 e. The highest BCUT2D eigenvalue weighted by atomic mass is 79.9. The fraction of sp³-hybridized carbons (Fsp3) is 0.556. The molecule has 2 aliphatic carbocycles. The summed E-state index contributed by atoms with van der Waals surface area (Å²) in [6.07, 6.45) is 6.11. The average Bonchev–Trinajstić information content (AvgIpc) is 2.69. The normalized spacial score (nSPS) is 32.0. The van der Waals surface area contributed by atoms with Gasteiger partial charge >= 0.3 is 5.97 Å². The first kappa shape index (κ1) is 15.2. The Morgan fingerprint density at radius 2 is 1.57 bits per heavy atom. The molecular formula is C18H20BrNO3. The van der Waals surface area contributed by atoms with Crippen molar-refractivity contribution in [1.29, 1.82) is 0 Å². The largest absolute Gasteiger partial charge is 0.478 e. The van der Waals surface area contributed by atoms with Crippen LogP contribution >= 0.6 is 15.9 Å². The molecule has 2 saturated heterocycles. The molecule has 122 valence electrons. The first-order valence-corrected chi connectivity index (χ1v) is 9.13. The van der Waals surface area contributed by atoms with Crippen molar-refractivity contribution in [3.8, 4) is 0 Å². The number of carboxylic acid groups (broad SMARTS) is 1. The number of rotatable bonds is 2. The number of benzene rings is 1. The fourth-order valence-electron chi connectivity index (χ4n) is 5.04. The minimum Gasteiger partial charge on any atom is -0.478 e. The topological polar surface area (TPSA) is 57.6 Å². The summed E-state index contributed by atoms with van der Waals surface area (Å²) in [6, 6.07) is 5.12. The maximum absolute atomic E-state index is 13.1. The van der Waals surface area contributed by atoms with Crippen LogP contribution in [-0.4, -0.2) is 34.5 Å². The summed E-state index contributed by atoms with van der Waals surface area (Å²) < 4.78 is 0.640. The highest BCUT2D eigenvalue weighted by Gasteiger charge is 2.44. The molecule has 4 bridgehead atoms. The fourth-order valence-corrected chi connectivity index (χ4v) is 5.53. The Kier molecular flexibility index (Phi) is 3.71. The van der Waals surface area contributed by atoms with Gasteiger partial charge in [0.15, 0.2) is 0 Å². The summed E-state index contributed by atoms with van der Waals surface area (Å²) in [6.45, 7) is 0.839. The van der Waals surface area contributed by atoms with Crippen molar-refractivity contribution in [3.05, 3.63) is 33.8 Å². The lowest BCUT2D eigenvalue weighted by molar-refractivity contribution is 0.0632. The van der Waals surface area contributed by atoms with Gasteiger partial charge in [-0.1, -0.05) is 15.9 Å². The molecule has 2 saturated carbocycles. The standard InChI is InChI=1S/C18H20BrNO3/c19-15-7-13(6-14(8-15)18(22)23)17(21)20-9-12-2-10-1-11(3-12)5-16(20)4-10/h6-8,10-12,16H,1-5,9H2,(H,22,23). The highest BCUT2D eigenvalue weighted by Crippen LogP contribution is 2.47. The average molecular weight is 378 g/mol. The van der Waals surface area contributed by atoms with Crippen molar-refractivity contribution < 1.29 is 14.7 Å². The van der Waals surface area contributed by atoms with E-state index in [-0.39, 0.29) is 11.5 Å². The molecule has 1 amide bonds. The van der Waals surface area contributed by atoms with E-state index in [0.29, 0.717) is 22.0 Å². The van der Waals surface area contributed by atoms with E-state index in [1.54, 1.807) is 6.07 Å². The number of amides is 1. The van der Waals surface area contributed by atoms with Crippen LogP contribution in [0.3, 0.4) is 0 Å². The second kappa shape index (κ2) is 5.62. The Balaban J connectivity index is 1.65. The van der Waals surface area contributed by atoms with Crippen LogP contribution in [0.5, 0.6) is 0 Å².